The van der Waals surface area contributed by atoms with E-state index in [0.717, 1.165) is 56.6 Å². The average Bonchev–Trinajstić information content (AvgIpc) is 2.92. The van der Waals surface area contributed by atoms with Crippen molar-refractivity contribution in [3.63, 3.8) is 0 Å². The molecule has 2 heterocycles. The summed E-state index contributed by atoms with van der Waals surface area (Å²) in [6.45, 7) is 9.40. The number of piperidine rings is 1. The number of aromatic nitrogens is 1. The lowest BCUT2D eigenvalue weighted by molar-refractivity contribution is 0.0454. The highest BCUT2D eigenvalue weighted by Crippen LogP contribution is 2.37. The fourth-order valence-electron chi connectivity index (χ4n) is 3.96. The summed E-state index contributed by atoms with van der Waals surface area (Å²) in [7, 11) is 0. The summed E-state index contributed by atoms with van der Waals surface area (Å²) in [5.41, 5.74) is 9.79. The standard InChI is InChI=1S/C19H30N4O2/c1-18(2,3)25-17(24)22-19(4)9-6-10-23(12-19)16-13-7-5-8-15(13)21-11-14(16)20/h11H,5-10,12,20H2,1-4H3,(H,22,24). The highest BCUT2D eigenvalue weighted by atomic mass is 16.6. The number of hydrogen-bond donors (Lipinski definition) is 2. The van der Waals surface area contributed by atoms with Crippen LogP contribution in [0.1, 0.15) is 58.2 Å². The van der Waals surface area contributed by atoms with Crippen LogP contribution in [0.5, 0.6) is 0 Å². The Bertz CT molecular complexity index is 668. The lowest BCUT2D eigenvalue weighted by atomic mass is 9.90. The number of aryl methyl sites for hydroxylation is 1. The van der Waals surface area contributed by atoms with Crippen LogP contribution in [0.15, 0.2) is 6.20 Å². The van der Waals surface area contributed by atoms with Crippen LogP contribution in [0.2, 0.25) is 0 Å². The van der Waals surface area contributed by atoms with Gasteiger partial charge in [-0.05, 0) is 65.4 Å². The normalized spacial score (nSPS) is 23.3. The Kier molecular flexibility index (Phi) is 4.56. The lowest BCUT2D eigenvalue weighted by Gasteiger charge is -2.43. The number of anilines is 2. The molecule has 1 fully saturated rings. The van der Waals surface area contributed by atoms with E-state index in [4.69, 9.17) is 10.5 Å². The van der Waals surface area contributed by atoms with Crippen molar-refractivity contribution in [2.45, 2.75) is 70.9 Å². The van der Waals surface area contributed by atoms with Crippen LogP contribution in [0, 0.1) is 0 Å². The maximum Gasteiger partial charge on any atom is 0.408 e. The van der Waals surface area contributed by atoms with Crippen molar-refractivity contribution in [1.29, 1.82) is 0 Å². The van der Waals surface area contributed by atoms with Gasteiger partial charge in [-0.15, -0.1) is 0 Å². The van der Waals surface area contributed by atoms with Gasteiger partial charge in [0.05, 0.1) is 23.1 Å². The molecule has 0 saturated carbocycles. The minimum absolute atomic E-state index is 0.332. The number of nitrogens with two attached hydrogens (primary N) is 1. The molecule has 1 aromatic rings. The van der Waals surface area contributed by atoms with E-state index >= 15 is 0 Å². The highest BCUT2D eigenvalue weighted by molar-refractivity contribution is 5.73. The first kappa shape index (κ1) is 17.8. The second kappa shape index (κ2) is 6.39. The molecular weight excluding hydrogens is 316 g/mol. The van der Waals surface area contributed by atoms with E-state index in [1.54, 1.807) is 6.20 Å². The van der Waals surface area contributed by atoms with Gasteiger partial charge >= 0.3 is 6.09 Å². The number of carbonyl (C=O) groups is 1. The van der Waals surface area contributed by atoms with E-state index in [1.165, 1.54) is 11.3 Å². The predicted octanol–water partition coefficient (Wildman–Crippen LogP) is 3.04. The Balaban J connectivity index is 1.78. The van der Waals surface area contributed by atoms with Gasteiger partial charge in [0.15, 0.2) is 0 Å². The summed E-state index contributed by atoms with van der Waals surface area (Å²) in [4.78, 5) is 19.1. The number of hydrogen-bond acceptors (Lipinski definition) is 5. The predicted molar refractivity (Wildman–Crippen MR) is 99.9 cm³/mol. The number of alkyl carbamates (subject to hydrolysis) is 1. The highest BCUT2D eigenvalue weighted by Gasteiger charge is 2.36. The van der Waals surface area contributed by atoms with E-state index in [0.29, 0.717) is 0 Å². The Morgan fingerprint density at radius 3 is 2.84 bits per heavy atom. The van der Waals surface area contributed by atoms with Gasteiger partial charge in [0.2, 0.25) is 0 Å². The van der Waals surface area contributed by atoms with Crippen molar-refractivity contribution in [3.8, 4) is 0 Å². The first-order chi connectivity index (χ1) is 11.7. The van der Waals surface area contributed by atoms with Gasteiger partial charge < -0.3 is 20.7 Å². The third kappa shape index (κ3) is 3.99. The number of rotatable bonds is 2. The fraction of sp³-hybridized carbons (Fsp3) is 0.684. The molecule has 0 radical (unpaired) electrons. The second-order valence-corrected chi connectivity index (χ2v) is 8.55. The largest absolute Gasteiger partial charge is 0.444 e. The van der Waals surface area contributed by atoms with Crippen molar-refractivity contribution in [2.75, 3.05) is 23.7 Å². The average molecular weight is 346 g/mol. The van der Waals surface area contributed by atoms with Crippen LogP contribution < -0.4 is 16.0 Å². The number of amides is 1. The van der Waals surface area contributed by atoms with Crippen molar-refractivity contribution >= 4 is 17.5 Å². The molecule has 1 atom stereocenters. The third-order valence-electron chi connectivity index (χ3n) is 4.92. The zero-order valence-electron chi connectivity index (χ0n) is 15.8. The van der Waals surface area contributed by atoms with E-state index in [2.05, 4.69) is 22.1 Å². The molecule has 1 saturated heterocycles. The van der Waals surface area contributed by atoms with E-state index < -0.39 is 5.60 Å². The lowest BCUT2D eigenvalue weighted by Crippen LogP contribution is -2.57. The SMILES string of the molecule is CC1(NC(=O)OC(C)(C)C)CCCN(c2c(N)cnc3c2CCC3)C1. The summed E-state index contributed by atoms with van der Waals surface area (Å²) < 4.78 is 5.44. The van der Waals surface area contributed by atoms with Gasteiger partial charge in [-0.3, -0.25) is 4.98 Å². The van der Waals surface area contributed by atoms with Crippen LogP contribution >= 0.6 is 0 Å². The Morgan fingerprint density at radius 2 is 2.12 bits per heavy atom. The molecule has 6 nitrogen and oxygen atoms in total. The molecule has 3 N–H and O–H groups in total. The van der Waals surface area contributed by atoms with Crippen molar-refractivity contribution < 1.29 is 9.53 Å². The van der Waals surface area contributed by atoms with Crippen molar-refractivity contribution in [2.24, 2.45) is 0 Å². The topological polar surface area (TPSA) is 80.5 Å². The number of nitrogens with zero attached hydrogens (tertiary/aromatic N) is 2. The van der Waals surface area contributed by atoms with Gasteiger partial charge in [0, 0.05) is 18.8 Å². The maximum atomic E-state index is 12.2. The molecule has 138 valence electrons. The van der Waals surface area contributed by atoms with Crippen molar-refractivity contribution in [3.05, 3.63) is 17.5 Å². The Hall–Kier alpha value is -1.98. The zero-order valence-corrected chi connectivity index (χ0v) is 15.8. The summed E-state index contributed by atoms with van der Waals surface area (Å²) in [5.74, 6) is 0. The Morgan fingerprint density at radius 1 is 1.36 bits per heavy atom. The maximum absolute atomic E-state index is 12.2. The molecular formula is C19H30N4O2. The number of carbonyl (C=O) groups excluding carboxylic acids is 1. The van der Waals surface area contributed by atoms with Crippen LogP contribution in [0.25, 0.3) is 0 Å². The molecule has 1 amide bonds. The molecule has 3 rings (SSSR count). The van der Waals surface area contributed by atoms with E-state index in [1.807, 2.05) is 20.8 Å². The summed E-state index contributed by atoms with van der Waals surface area (Å²) in [6.07, 6.45) is 6.56. The summed E-state index contributed by atoms with van der Waals surface area (Å²) >= 11 is 0. The van der Waals surface area contributed by atoms with Gasteiger partial charge in [-0.1, -0.05) is 0 Å². The molecule has 6 heteroatoms. The smallest absolute Gasteiger partial charge is 0.408 e. The van der Waals surface area contributed by atoms with Crippen LogP contribution in [0.4, 0.5) is 16.2 Å². The zero-order chi connectivity index (χ0) is 18.2. The summed E-state index contributed by atoms with van der Waals surface area (Å²) in [6, 6.07) is 0. The quantitative estimate of drug-likeness (QED) is 0.860. The third-order valence-corrected chi connectivity index (χ3v) is 4.92. The second-order valence-electron chi connectivity index (χ2n) is 8.55. The monoisotopic (exact) mass is 346 g/mol. The van der Waals surface area contributed by atoms with Gasteiger partial charge in [0.25, 0.3) is 0 Å². The van der Waals surface area contributed by atoms with Crippen molar-refractivity contribution in [1.82, 2.24) is 10.3 Å². The molecule has 0 spiro atoms. The molecule has 1 aliphatic carbocycles. The number of pyridine rings is 1. The minimum Gasteiger partial charge on any atom is -0.444 e. The number of nitrogen functional groups attached to an aromatic ring is 1. The number of fused-ring (bicyclic) bond motifs is 1. The Labute approximate surface area is 150 Å². The number of nitrogens with one attached hydrogen (secondary N) is 1. The van der Waals surface area contributed by atoms with E-state index in [9.17, 15) is 4.79 Å². The molecule has 1 aliphatic heterocycles. The molecule has 1 unspecified atom stereocenters. The van der Waals surface area contributed by atoms with Crippen LogP contribution in [-0.4, -0.2) is 35.3 Å². The van der Waals surface area contributed by atoms with Gasteiger partial charge in [-0.2, -0.15) is 0 Å². The fourth-order valence-corrected chi connectivity index (χ4v) is 3.96. The first-order valence-electron chi connectivity index (χ1n) is 9.19. The molecule has 1 aromatic heterocycles. The number of ether oxygens (including phenoxy) is 1. The molecule has 2 aliphatic rings. The molecule has 0 bridgehead atoms. The molecule has 0 aromatic carbocycles. The van der Waals surface area contributed by atoms with Crippen LogP contribution in [-0.2, 0) is 17.6 Å². The minimum atomic E-state index is -0.495. The summed E-state index contributed by atoms with van der Waals surface area (Å²) in [5, 5.41) is 3.08. The van der Waals surface area contributed by atoms with Gasteiger partial charge in [-0.25, -0.2) is 4.79 Å². The van der Waals surface area contributed by atoms with E-state index in [-0.39, 0.29) is 11.6 Å². The van der Waals surface area contributed by atoms with Gasteiger partial charge in [0.1, 0.15) is 5.60 Å². The van der Waals surface area contributed by atoms with Crippen LogP contribution in [0.3, 0.4) is 0 Å². The molecule has 25 heavy (non-hydrogen) atoms. The first-order valence-corrected chi connectivity index (χ1v) is 9.19.